The summed E-state index contributed by atoms with van der Waals surface area (Å²) in [6.07, 6.45) is 5.16. The molecule has 2 rings (SSSR count). The second-order valence-electron chi connectivity index (χ2n) is 5.41. The van der Waals surface area contributed by atoms with Crippen molar-refractivity contribution in [2.75, 3.05) is 11.9 Å². The third kappa shape index (κ3) is 3.60. The van der Waals surface area contributed by atoms with E-state index >= 15 is 0 Å². The van der Waals surface area contributed by atoms with Gasteiger partial charge in [-0.1, -0.05) is 27.2 Å². The average Bonchev–Trinajstić information content (AvgIpc) is 2.79. The number of hydrogen-bond acceptors (Lipinski definition) is 4. The van der Waals surface area contributed by atoms with E-state index in [0.29, 0.717) is 11.6 Å². The Morgan fingerprint density at radius 2 is 2.15 bits per heavy atom. The number of nitrogens with zero attached hydrogens (tertiary/aromatic N) is 4. The molecule has 0 saturated carbocycles. The van der Waals surface area contributed by atoms with Gasteiger partial charge in [0.1, 0.15) is 5.52 Å². The fourth-order valence-corrected chi connectivity index (χ4v) is 2.19. The van der Waals surface area contributed by atoms with E-state index in [1.54, 1.807) is 0 Å². The molecule has 0 atom stereocenters. The van der Waals surface area contributed by atoms with Gasteiger partial charge in [-0.15, -0.1) is 0 Å². The van der Waals surface area contributed by atoms with E-state index in [4.69, 9.17) is 11.6 Å². The van der Waals surface area contributed by atoms with Crippen molar-refractivity contribution in [2.24, 2.45) is 5.92 Å². The minimum atomic E-state index is 0.241. The van der Waals surface area contributed by atoms with E-state index in [9.17, 15) is 0 Å². The Morgan fingerprint density at radius 1 is 1.35 bits per heavy atom. The minimum Gasteiger partial charge on any atom is -0.368 e. The minimum absolute atomic E-state index is 0.241. The fourth-order valence-electron chi connectivity index (χ4n) is 2.03. The van der Waals surface area contributed by atoms with Crippen LogP contribution in [0.3, 0.4) is 0 Å². The van der Waals surface area contributed by atoms with Crippen LogP contribution in [0.4, 0.5) is 5.82 Å². The predicted octanol–water partition coefficient (Wildman–Crippen LogP) is 3.74. The summed E-state index contributed by atoms with van der Waals surface area (Å²) in [6.45, 7) is 8.40. The molecule has 0 unspecified atom stereocenters. The van der Waals surface area contributed by atoms with E-state index in [2.05, 4.69) is 45.6 Å². The van der Waals surface area contributed by atoms with Crippen LogP contribution in [-0.2, 0) is 6.54 Å². The number of fused-ring (bicyclic) bond motifs is 1. The summed E-state index contributed by atoms with van der Waals surface area (Å²) < 4.78 is 2.11. The maximum Gasteiger partial charge on any atom is 0.226 e. The highest BCUT2D eigenvalue weighted by molar-refractivity contribution is 6.28. The first-order chi connectivity index (χ1) is 9.61. The van der Waals surface area contributed by atoms with Gasteiger partial charge in [-0.25, -0.2) is 4.98 Å². The maximum atomic E-state index is 5.96. The van der Waals surface area contributed by atoms with Crippen molar-refractivity contribution in [3.05, 3.63) is 11.6 Å². The van der Waals surface area contributed by atoms with Gasteiger partial charge in [0.2, 0.25) is 5.28 Å². The monoisotopic (exact) mass is 295 g/mol. The topological polar surface area (TPSA) is 55.6 Å². The Kier molecular flexibility index (Phi) is 5.17. The normalized spacial score (nSPS) is 11.4. The van der Waals surface area contributed by atoms with Crippen molar-refractivity contribution >= 4 is 28.6 Å². The number of unbranched alkanes of at least 4 members (excludes halogenated alkanes) is 1. The molecule has 2 heterocycles. The molecule has 6 heteroatoms. The highest BCUT2D eigenvalue weighted by atomic mass is 35.5. The quantitative estimate of drug-likeness (QED) is 0.624. The number of aromatic nitrogens is 4. The van der Waals surface area contributed by atoms with Crippen LogP contribution >= 0.6 is 11.6 Å². The zero-order chi connectivity index (χ0) is 14.5. The van der Waals surface area contributed by atoms with Crippen LogP contribution in [0.1, 0.15) is 40.0 Å². The van der Waals surface area contributed by atoms with E-state index < -0.39 is 0 Å². The lowest BCUT2D eigenvalue weighted by atomic mass is 10.1. The molecule has 2 aromatic heterocycles. The van der Waals surface area contributed by atoms with Crippen molar-refractivity contribution in [3.63, 3.8) is 0 Å². The summed E-state index contributed by atoms with van der Waals surface area (Å²) in [4.78, 5) is 12.8. The van der Waals surface area contributed by atoms with Crippen LogP contribution in [0.15, 0.2) is 6.33 Å². The molecule has 0 aliphatic carbocycles. The lowest BCUT2D eigenvalue weighted by molar-refractivity contribution is 0.523. The molecule has 0 spiro atoms. The third-order valence-electron chi connectivity index (χ3n) is 3.22. The van der Waals surface area contributed by atoms with Gasteiger partial charge < -0.3 is 9.88 Å². The Morgan fingerprint density at radius 3 is 2.85 bits per heavy atom. The summed E-state index contributed by atoms with van der Waals surface area (Å²) in [6, 6.07) is 0. The Bertz CT molecular complexity index is 564. The molecule has 0 amide bonds. The molecule has 0 fully saturated rings. The van der Waals surface area contributed by atoms with E-state index in [1.807, 2.05) is 6.33 Å². The summed E-state index contributed by atoms with van der Waals surface area (Å²) in [5, 5.41) is 3.59. The number of halogens is 1. The molecule has 0 aliphatic rings. The SMILES string of the molecule is CCCCNc1nc(Cl)nc2ncn(CCC(C)C)c12. The lowest BCUT2D eigenvalue weighted by Gasteiger charge is -2.10. The molecule has 5 nitrogen and oxygen atoms in total. The first kappa shape index (κ1) is 15.0. The summed E-state index contributed by atoms with van der Waals surface area (Å²) >= 11 is 5.96. The lowest BCUT2D eigenvalue weighted by Crippen LogP contribution is -2.08. The molecule has 0 radical (unpaired) electrons. The molecule has 0 bridgehead atoms. The van der Waals surface area contributed by atoms with Gasteiger partial charge in [0.05, 0.1) is 6.33 Å². The van der Waals surface area contributed by atoms with Gasteiger partial charge in [-0.05, 0) is 30.4 Å². The fraction of sp³-hybridized carbons (Fsp3) is 0.643. The number of rotatable bonds is 7. The molecular weight excluding hydrogens is 274 g/mol. The standard InChI is InChI=1S/C14H22ClN5/c1-4-5-7-16-12-11-13(19-14(15)18-12)17-9-20(11)8-6-10(2)3/h9-10H,4-8H2,1-3H3,(H,16,18,19). The van der Waals surface area contributed by atoms with Crippen molar-refractivity contribution < 1.29 is 0 Å². The maximum absolute atomic E-state index is 5.96. The Balaban J connectivity index is 2.29. The molecular formula is C14H22ClN5. The van der Waals surface area contributed by atoms with Gasteiger partial charge in [-0.2, -0.15) is 9.97 Å². The summed E-state index contributed by atoms with van der Waals surface area (Å²) in [5.41, 5.74) is 1.61. The van der Waals surface area contributed by atoms with E-state index in [0.717, 1.165) is 43.7 Å². The Labute approximate surface area is 124 Å². The molecule has 20 heavy (non-hydrogen) atoms. The van der Waals surface area contributed by atoms with Crippen LogP contribution in [0, 0.1) is 5.92 Å². The van der Waals surface area contributed by atoms with Crippen LogP contribution in [0.2, 0.25) is 5.28 Å². The second kappa shape index (κ2) is 6.88. The van der Waals surface area contributed by atoms with Crippen LogP contribution in [-0.4, -0.2) is 26.1 Å². The summed E-state index contributed by atoms with van der Waals surface area (Å²) in [7, 11) is 0. The zero-order valence-electron chi connectivity index (χ0n) is 12.4. The van der Waals surface area contributed by atoms with Crippen LogP contribution < -0.4 is 5.32 Å². The van der Waals surface area contributed by atoms with Crippen LogP contribution in [0.25, 0.3) is 11.2 Å². The average molecular weight is 296 g/mol. The third-order valence-corrected chi connectivity index (χ3v) is 3.38. The first-order valence-electron chi connectivity index (χ1n) is 7.24. The largest absolute Gasteiger partial charge is 0.368 e. The highest BCUT2D eigenvalue weighted by Gasteiger charge is 2.12. The van der Waals surface area contributed by atoms with Gasteiger partial charge >= 0.3 is 0 Å². The predicted molar refractivity (Wildman–Crippen MR) is 83.2 cm³/mol. The van der Waals surface area contributed by atoms with Crippen molar-refractivity contribution in [3.8, 4) is 0 Å². The number of nitrogens with one attached hydrogen (secondary N) is 1. The van der Waals surface area contributed by atoms with Crippen molar-refractivity contribution in [1.82, 2.24) is 19.5 Å². The summed E-state index contributed by atoms with van der Waals surface area (Å²) in [5.74, 6) is 1.44. The van der Waals surface area contributed by atoms with Crippen LogP contribution in [0.5, 0.6) is 0 Å². The smallest absolute Gasteiger partial charge is 0.226 e. The first-order valence-corrected chi connectivity index (χ1v) is 7.61. The molecule has 1 N–H and O–H groups in total. The van der Waals surface area contributed by atoms with Gasteiger partial charge in [0.25, 0.3) is 0 Å². The highest BCUT2D eigenvalue weighted by Crippen LogP contribution is 2.22. The zero-order valence-corrected chi connectivity index (χ0v) is 13.1. The number of anilines is 1. The molecule has 0 aromatic carbocycles. The van der Waals surface area contributed by atoms with Gasteiger partial charge in [0.15, 0.2) is 11.5 Å². The van der Waals surface area contributed by atoms with Crippen molar-refractivity contribution in [1.29, 1.82) is 0 Å². The molecule has 0 aliphatic heterocycles. The van der Waals surface area contributed by atoms with Crippen molar-refractivity contribution in [2.45, 2.75) is 46.6 Å². The second-order valence-corrected chi connectivity index (χ2v) is 5.75. The van der Waals surface area contributed by atoms with E-state index in [-0.39, 0.29) is 5.28 Å². The molecule has 0 saturated heterocycles. The van der Waals surface area contributed by atoms with E-state index in [1.165, 1.54) is 0 Å². The number of aryl methyl sites for hydroxylation is 1. The van der Waals surface area contributed by atoms with Gasteiger partial charge in [0, 0.05) is 13.1 Å². The van der Waals surface area contributed by atoms with Gasteiger partial charge in [-0.3, -0.25) is 0 Å². The molecule has 2 aromatic rings. The number of imidazole rings is 1. The Hall–Kier alpha value is -1.36. The number of hydrogen-bond donors (Lipinski definition) is 1. The molecule has 110 valence electrons.